The van der Waals surface area contributed by atoms with Crippen LogP contribution in [0, 0.1) is 11.3 Å². The second-order valence-electron chi connectivity index (χ2n) is 3.69. The molecule has 1 atom stereocenters. The second-order valence-corrected chi connectivity index (χ2v) is 4.53. The molecule has 5 heteroatoms. The van der Waals surface area contributed by atoms with Gasteiger partial charge in [-0.1, -0.05) is 23.2 Å². The molecule has 0 saturated carbocycles. The maximum absolute atomic E-state index is 10.2. The molecule has 0 amide bonds. The van der Waals surface area contributed by atoms with E-state index in [4.69, 9.17) is 33.2 Å². The number of halogens is 2. The van der Waals surface area contributed by atoms with E-state index in [0.717, 1.165) is 0 Å². The average Bonchev–Trinajstić information content (AvgIpc) is 2.40. The molecule has 0 saturated heterocycles. The first-order chi connectivity index (χ1) is 7.57. The molecule has 2 rings (SSSR count). The number of nitriles is 1. The average molecular weight is 258 g/mol. The zero-order valence-corrected chi connectivity index (χ0v) is 9.85. The summed E-state index contributed by atoms with van der Waals surface area (Å²) in [7, 11) is 0. The van der Waals surface area contributed by atoms with Crippen molar-refractivity contribution in [3.8, 4) is 11.8 Å². The summed E-state index contributed by atoms with van der Waals surface area (Å²) in [5.74, 6) is 0.354. The summed E-state index contributed by atoms with van der Waals surface area (Å²) >= 11 is 11.8. The molecule has 1 unspecified atom stereocenters. The molecule has 0 aromatic heterocycles. The van der Waals surface area contributed by atoms with Crippen LogP contribution in [0.15, 0.2) is 12.1 Å². The summed E-state index contributed by atoms with van der Waals surface area (Å²) in [6.45, 7) is 0.429. The summed E-state index contributed by atoms with van der Waals surface area (Å²) < 4.78 is 5.43. The van der Waals surface area contributed by atoms with Gasteiger partial charge in [-0.25, -0.2) is 0 Å². The van der Waals surface area contributed by atoms with E-state index >= 15 is 0 Å². The Hall–Kier alpha value is -0.950. The lowest BCUT2D eigenvalue weighted by molar-refractivity contribution is 0.0884. The molecule has 0 radical (unpaired) electrons. The molecule has 1 aliphatic rings. The topological polar surface area (TPSA) is 53.2 Å². The minimum absolute atomic E-state index is 0.313. The first-order valence-electron chi connectivity index (χ1n) is 4.83. The predicted molar refractivity (Wildman–Crippen MR) is 60.7 cm³/mol. The lowest BCUT2D eigenvalue weighted by atomic mass is 9.91. The van der Waals surface area contributed by atoms with Crippen LogP contribution >= 0.6 is 23.2 Å². The number of nitrogens with zero attached hydrogens (tertiary/aromatic N) is 1. The fraction of sp³-hybridized carbons (Fsp3) is 0.364. The largest absolute Gasteiger partial charge is 0.492 e. The maximum atomic E-state index is 10.2. The standard InChI is InChI=1S/C11H9Cl2NO2/c12-7-4-8-10(9(13)5-7)16-3-1-2-11(8,15)6-14/h4-5,15H,1-3H2. The molecule has 84 valence electrons. The van der Waals surface area contributed by atoms with Crippen molar-refractivity contribution in [3.63, 3.8) is 0 Å². The first kappa shape index (κ1) is 11.5. The highest BCUT2D eigenvalue weighted by Crippen LogP contribution is 2.42. The van der Waals surface area contributed by atoms with E-state index < -0.39 is 5.60 Å². The van der Waals surface area contributed by atoms with Crippen molar-refractivity contribution in [2.75, 3.05) is 6.61 Å². The normalized spacial score (nSPS) is 23.9. The van der Waals surface area contributed by atoms with Crippen molar-refractivity contribution in [1.82, 2.24) is 0 Å². The van der Waals surface area contributed by atoms with Crippen LogP contribution in [0.1, 0.15) is 18.4 Å². The Morgan fingerprint density at radius 1 is 1.44 bits per heavy atom. The summed E-state index contributed by atoms with van der Waals surface area (Å²) in [6.07, 6.45) is 0.903. The molecular weight excluding hydrogens is 249 g/mol. The number of benzene rings is 1. The minimum atomic E-state index is -1.57. The highest BCUT2D eigenvalue weighted by Gasteiger charge is 2.35. The van der Waals surface area contributed by atoms with Crippen molar-refractivity contribution in [2.45, 2.75) is 18.4 Å². The number of hydrogen-bond acceptors (Lipinski definition) is 3. The van der Waals surface area contributed by atoms with Gasteiger partial charge in [0, 0.05) is 10.6 Å². The fourth-order valence-corrected chi connectivity index (χ4v) is 2.32. The minimum Gasteiger partial charge on any atom is -0.492 e. The van der Waals surface area contributed by atoms with Gasteiger partial charge in [-0.2, -0.15) is 5.26 Å². The summed E-state index contributed by atoms with van der Waals surface area (Å²) in [6, 6.07) is 4.95. The molecule has 1 N–H and O–H groups in total. The molecule has 1 heterocycles. The molecule has 1 aromatic carbocycles. The van der Waals surface area contributed by atoms with Crippen molar-refractivity contribution in [1.29, 1.82) is 5.26 Å². The highest BCUT2D eigenvalue weighted by atomic mass is 35.5. The van der Waals surface area contributed by atoms with E-state index in [-0.39, 0.29) is 0 Å². The van der Waals surface area contributed by atoms with Gasteiger partial charge in [0.05, 0.1) is 11.6 Å². The van der Waals surface area contributed by atoms with Crippen LogP contribution in [0.5, 0.6) is 5.75 Å². The Labute approximate surface area is 103 Å². The maximum Gasteiger partial charge on any atom is 0.180 e. The van der Waals surface area contributed by atoms with E-state index in [1.807, 2.05) is 6.07 Å². The number of ether oxygens (including phenoxy) is 1. The predicted octanol–water partition coefficient (Wildman–Crippen LogP) is 2.88. The van der Waals surface area contributed by atoms with Crippen molar-refractivity contribution < 1.29 is 9.84 Å². The Morgan fingerprint density at radius 2 is 2.19 bits per heavy atom. The molecule has 0 fully saturated rings. The van der Waals surface area contributed by atoms with Crippen LogP contribution in [-0.4, -0.2) is 11.7 Å². The van der Waals surface area contributed by atoms with Gasteiger partial charge < -0.3 is 9.84 Å². The van der Waals surface area contributed by atoms with Gasteiger partial charge >= 0.3 is 0 Å². The Balaban J connectivity index is 2.66. The third kappa shape index (κ3) is 1.84. The molecule has 16 heavy (non-hydrogen) atoms. The Morgan fingerprint density at radius 3 is 2.88 bits per heavy atom. The van der Waals surface area contributed by atoms with Gasteiger partial charge in [0.2, 0.25) is 0 Å². The van der Waals surface area contributed by atoms with E-state index in [9.17, 15) is 5.11 Å². The lowest BCUT2D eigenvalue weighted by Gasteiger charge is -2.20. The van der Waals surface area contributed by atoms with E-state index in [0.29, 0.717) is 40.8 Å². The zero-order chi connectivity index (χ0) is 11.8. The molecule has 0 bridgehead atoms. The molecule has 0 aliphatic carbocycles. The monoisotopic (exact) mass is 257 g/mol. The van der Waals surface area contributed by atoms with Crippen molar-refractivity contribution in [3.05, 3.63) is 27.7 Å². The molecule has 1 aliphatic heterocycles. The van der Waals surface area contributed by atoms with Gasteiger partial charge in [-0.15, -0.1) is 0 Å². The first-order valence-corrected chi connectivity index (χ1v) is 5.58. The van der Waals surface area contributed by atoms with E-state index in [2.05, 4.69) is 0 Å². The van der Waals surface area contributed by atoms with Crippen LogP contribution in [0.4, 0.5) is 0 Å². The lowest BCUT2D eigenvalue weighted by Crippen LogP contribution is -2.22. The second kappa shape index (κ2) is 4.14. The molecule has 0 spiro atoms. The van der Waals surface area contributed by atoms with Crippen LogP contribution in [0.25, 0.3) is 0 Å². The van der Waals surface area contributed by atoms with Crippen molar-refractivity contribution >= 4 is 23.2 Å². The number of rotatable bonds is 0. The highest BCUT2D eigenvalue weighted by molar-refractivity contribution is 6.35. The van der Waals surface area contributed by atoms with Crippen molar-refractivity contribution in [2.24, 2.45) is 0 Å². The number of fused-ring (bicyclic) bond motifs is 1. The van der Waals surface area contributed by atoms with Crippen LogP contribution in [0.3, 0.4) is 0 Å². The third-order valence-electron chi connectivity index (χ3n) is 2.57. The summed E-state index contributed by atoms with van der Waals surface area (Å²) in [4.78, 5) is 0. The molecule has 3 nitrogen and oxygen atoms in total. The SMILES string of the molecule is N#CC1(O)CCCOc2c(Cl)cc(Cl)cc21. The summed E-state index contributed by atoms with van der Waals surface area (Å²) in [5, 5.41) is 20.0. The number of hydrogen-bond donors (Lipinski definition) is 1. The summed E-state index contributed by atoms with van der Waals surface area (Å²) in [5.41, 5.74) is -1.22. The number of aliphatic hydroxyl groups is 1. The third-order valence-corrected chi connectivity index (χ3v) is 3.07. The Kier molecular flexibility index (Phi) is 2.98. The van der Waals surface area contributed by atoms with Crippen LogP contribution in [-0.2, 0) is 5.60 Å². The zero-order valence-electron chi connectivity index (χ0n) is 8.33. The van der Waals surface area contributed by atoms with Gasteiger partial charge in [0.1, 0.15) is 11.8 Å². The Bertz CT molecular complexity index is 470. The molecular formula is C11H9Cl2NO2. The smallest absolute Gasteiger partial charge is 0.180 e. The fourth-order valence-electron chi connectivity index (χ4n) is 1.77. The quantitative estimate of drug-likeness (QED) is 0.728. The van der Waals surface area contributed by atoms with Gasteiger partial charge in [0.25, 0.3) is 0 Å². The van der Waals surface area contributed by atoms with E-state index in [1.165, 1.54) is 12.1 Å². The van der Waals surface area contributed by atoms with Gasteiger partial charge in [0.15, 0.2) is 5.60 Å². The molecule has 1 aromatic rings. The van der Waals surface area contributed by atoms with Crippen LogP contribution in [0.2, 0.25) is 10.0 Å². The van der Waals surface area contributed by atoms with Crippen LogP contribution < -0.4 is 4.74 Å². The van der Waals surface area contributed by atoms with Gasteiger partial charge in [-0.05, 0) is 25.0 Å². The van der Waals surface area contributed by atoms with Gasteiger partial charge in [-0.3, -0.25) is 0 Å². The van der Waals surface area contributed by atoms with E-state index in [1.54, 1.807) is 0 Å².